The first-order valence-corrected chi connectivity index (χ1v) is 6.26. The van der Waals surface area contributed by atoms with Crippen molar-refractivity contribution in [3.05, 3.63) is 41.5 Å². The van der Waals surface area contributed by atoms with Gasteiger partial charge in [0.25, 0.3) is 0 Å². The maximum Gasteiger partial charge on any atom is 0.321 e. The molecule has 1 aromatic carbocycles. The molecule has 0 fully saturated rings. The molecule has 0 aliphatic rings. The monoisotopic (exact) mass is 263 g/mol. The number of hydrogen-bond donors (Lipinski definition) is 1. The van der Waals surface area contributed by atoms with Gasteiger partial charge in [0.2, 0.25) is 0 Å². The van der Waals surface area contributed by atoms with Crippen LogP contribution in [0.4, 0.5) is 10.4 Å². The van der Waals surface area contributed by atoms with Gasteiger partial charge < -0.3 is 9.84 Å². The zero-order valence-corrected chi connectivity index (χ0v) is 11.6. The summed E-state index contributed by atoms with van der Waals surface area (Å²) in [4.78, 5) is 4.34. The molecule has 0 saturated heterocycles. The minimum Gasteiger partial charge on any atom is -0.336 e. The first kappa shape index (κ1) is 13.5. The summed E-state index contributed by atoms with van der Waals surface area (Å²) in [6.07, 6.45) is 0. The molecule has 0 unspecified atom stereocenters. The molecular formula is C14H18FN3O. The highest BCUT2D eigenvalue weighted by molar-refractivity contribution is 5.32. The van der Waals surface area contributed by atoms with Crippen LogP contribution in [0.25, 0.3) is 0 Å². The van der Waals surface area contributed by atoms with Crippen molar-refractivity contribution in [2.24, 2.45) is 0 Å². The Morgan fingerprint density at radius 3 is 2.42 bits per heavy atom. The Bertz CT molecular complexity index is 546. The Balaban J connectivity index is 2.28. The average molecular weight is 263 g/mol. The molecule has 0 atom stereocenters. The smallest absolute Gasteiger partial charge is 0.321 e. The molecule has 1 aromatic heterocycles. The number of aromatic nitrogens is 2. The summed E-state index contributed by atoms with van der Waals surface area (Å²) >= 11 is 0. The van der Waals surface area contributed by atoms with Gasteiger partial charge in [-0.3, -0.25) is 0 Å². The molecule has 0 spiro atoms. The second-order valence-electron chi connectivity index (χ2n) is 5.35. The van der Waals surface area contributed by atoms with Crippen LogP contribution in [-0.4, -0.2) is 16.2 Å². The van der Waals surface area contributed by atoms with Crippen molar-refractivity contribution in [3.8, 4) is 0 Å². The first-order chi connectivity index (χ1) is 8.89. The summed E-state index contributed by atoms with van der Waals surface area (Å²) < 4.78 is 18.1. The summed E-state index contributed by atoms with van der Waals surface area (Å²) in [6.45, 7) is 7.94. The summed E-state index contributed by atoms with van der Waals surface area (Å²) in [7, 11) is 0. The second-order valence-corrected chi connectivity index (χ2v) is 5.35. The van der Waals surface area contributed by atoms with Gasteiger partial charge in [-0.1, -0.05) is 17.3 Å². The highest BCUT2D eigenvalue weighted by Gasteiger charge is 2.29. The summed E-state index contributed by atoms with van der Waals surface area (Å²) in [5.74, 6) is 0.317. The van der Waals surface area contributed by atoms with Gasteiger partial charge >= 0.3 is 6.01 Å². The standard InChI is InChI=1S/C14H18FN3O/c1-9(2)16-13-17-12(18-19-13)14(3,4)10-5-7-11(15)8-6-10/h5-9H,1-4H3,(H,16,17,18). The normalized spacial score (nSPS) is 11.9. The summed E-state index contributed by atoms with van der Waals surface area (Å²) in [6, 6.07) is 6.97. The molecule has 2 rings (SSSR count). The summed E-state index contributed by atoms with van der Waals surface area (Å²) in [5.41, 5.74) is 0.500. The lowest BCUT2D eigenvalue weighted by atomic mass is 9.84. The van der Waals surface area contributed by atoms with Gasteiger partial charge in [-0.15, -0.1) is 0 Å². The van der Waals surface area contributed by atoms with E-state index < -0.39 is 5.41 Å². The van der Waals surface area contributed by atoms with Crippen LogP contribution in [0.2, 0.25) is 0 Å². The number of nitrogens with zero attached hydrogens (tertiary/aromatic N) is 2. The molecule has 1 N–H and O–H groups in total. The highest BCUT2D eigenvalue weighted by Crippen LogP contribution is 2.30. The van der Waals surface area contributed by atoms with E-state index in [0.717, 1.165) is 5.56 Å². The van der Waals surface area contributed by atoms with Crippen LogP contribution in [-0.2, 0) is 5.41 Å². The van der Waals surface area contributed by atoms with Gasteiger partial charge in [0.1, 0.15) is 5.82 Å². The fraction of sp³-hybridized carbons (Fsp3) is 0.429. The lowest BCUT2D eigenvalue weighted by Gasteiger charge is -2.20. The van der Waals surface area contributed by atoms with Crippen molar-refractivity contribution < 1.29 is 8.91 Å². The minimum atomic E-state index is -0.436. The third-order valence-corrected chi connectivity index (χ3v) is 2.96. The zero-order chi connectivity index (χ0) is 14.0. The zero-order valence-electron chi connectivity index (χ0n) is 11.6. The van der Waals surface area contributed by atoms with Crippen LogP contribution < -0.4 is 5.32 Å². The van der Waals surface area contributed by atoms with E-state index in [2.05, 4.69) is 15.5 Å². The van der Waals surface area contributed by atoms with E-state index in [-0.39, 0.29) is 11.9 Å². The van der Waals surface area contributed by atoms with Gasteiger partial charge in [0.15, 0.2) is 5.82 Å². The van der Waals surface area contributed by atoms with Crippen molar-refractivity contribution in [2.75, 3.05) is 5.32 Å². The maximum atomic E-state index is 13.0. The van der Waals surface area contributed by atoms with Crippen molar-refractivity contribution in [2.45, 2.75) is 39.2 Å². The Kier molecular flexibility index (Phi) is 3.55. The molecule has 0 saturated carbocycles. The Morgan fingerprint density at radius 1 is 1.21 bits per heavy atom. The molecule has 4 nitrogen and oxygen atoms in total. The Hall–Kier alpha value is -1.91. The van der Waals surface area contributed by atoms with E-state index in [9.17, 15) is 4.39 Å². The van der Waals surface area contributed by atoms with E-state index in [0.29, 0.717) is 11.8 Å². The largest absolute Gasteiger partial charge is 0.336 e. The fourth-order valence-electron chi connectivity index (χ4n) is 1.78. The van der Waals surface area contributed by atoms with Gasteiger partial charge in [-0.05, 0) is 45.4 Å². The molecular weight excluding hydrogens is 245 g/mol. The number of anilines is 1. The molecule has 0 aliphatic heterocycles. The fourth-order valence-corrected chi connectivity index (χ4v) is 1.78. The Labute approximate surface area is 112 Å². The molecule has 102 valence electrons. The summed E-state index contributed by atoms with van der Waals surface area (Å²) in [5, 5.41) is 7.05. The lowest BCUT2D eigenvalue weighted by Crippen LogP contribution is -2.21. The van der Waals surface area contributed by atoms with E-state index in [1.165, 1.54) is 12.1 Å². The minimum absolute atomic E-state index is 0.224. The first-order valence-electron chi connectivity index (χ1n) is 6.26. The quantitative estimate of drug-likeness (QED) is 0.919. The molecule has 5 heteroatoms. The molecule has 0 aliphatic carbocycles. The molecule has 0 bridgehead atoms. The topological polar surface area (TPSA) is 51.0 Å². The SMILES string of the molecule is CC(C)Nc1nc(C(C)(C)c2ccc(F)cc2)no1. The predicted octanol–water partition coefficient (Wildman–Crippen LogP) is 3.35. The third kappa shape index (κ3) is 2.92. The third-order valence-electron chi connectivity index (χ3n) is 2.96. The van der Waals surface area contributed by atoms with Gasteiger partial charge in [-0.2, -0.15) is 4.98 Å². The average Bonchev–Trinajstić information content (AvgIpc) is 2.78. The van der Waals surface area contributed by atoms with Crippen LogP contribution >= 0.6 is 0 Å². The number of hydrogen-bond acceptors (Lipinski definition) is 4. The lowest BCUT2D eigenvalue weighted by molar-refractivity contribution is 0.406. The molecule has 0 radical (unpaired) electrons. The van der Waals surface area contributed by atoms with Crippen molar-refractivity contribution in [1.82, 2.24) is 10.1 Å². The van der Waals surface area contributed by atoms with Crippen molar-refractivity contribution in [1.29, 1.82) is 0 Å². The van der Waals surface area contributed by atoms with E-state index in [4.69, 9.17) is 4.52 Å². The van der Waals surface area contributed by atoms with Crippen LogP contribution in [0, 0.1) is 5.82 Å². The number of halogens is 1. The van der Waals surface area contributed by atoms with E-state index in [1.54, 1.807) is 12.1 Å². The van der Waals surface area contributed by atoms with Crippen molar-refractivity contribution in [3.63, 3.8) is 0 Å². The van der Waals surface area contributed by atoms with Crippen LogP contribution in [0.1, 0.15) is 39.1 Å². The second kappa shape index (κ2) is 4.99. The van der Waals surface area contributed by atoms with Gasteiger partial charge in [-0.25, -0.2) is 4.39 Å². The number of benzene rings is 1. The van der Waals surface area contributed by atoms with Crippen LogP contribution in [0.15, 0.2) is 28.8 Å². The van der Waals surface area contributed by atoms with Gasteiger partial charge in [0.05, 0.1) is 5.41 Å². The molecule has 19 heavy (non-hydrogen) atoms. The Morgan fingerprint density at radius 2 is 1.84 bits per heavy atom. The number of rotatable bonds is 4. The highest BCUT2D eigenvalue weighted by atomic mass is 19.1. The maximum absolute atomic E-state index is 13.0. The van der Waals surface area contributed by atoms with Crippen LogP contribution in [0.3, 0.4) is 0 Å². The molecule has 1 heterocycles. The molecule has 2 aromatic rings. The van der Waals surface area contributed by atoms with Crippen molar-refractivity contribution >= 4 is 6.01 Å². The van der Waals surface area contributed by atoms with Crippen LogP contribution in [0.5, 0.6) is 0 Å². The number of nitrogens with one attached hydrogen (secondary N) is 1. The van der Waals surface area contributed by atoms with Gasteiger partial charge in [0, 0.05) is 6.04 Å². The van der Waals surface area contributed by atoms with E-state index in [1.807, 2.05) is 27.7 Å². The van der Waals surface area contributed by atoms with E-state index >= 15 is 0 Å². The molecule has 0 amide bonds. The predicted molar refractivity (Wildman–Crippen MR) is 71.6 cm³/mol.